The average molecular weight is 485 g/mol. The Bertz CT molecular complexity index is 529. The molecule has 2 atom stereocenters. The van der Waals surface area contributed by atoms with Crippen molar-refractivity contribution >= 4 is 6.29 Å². The topological polar surface area (TPSA) is 35.5 Å². The lowest BCUT2D eigenvalue weighted by molar-refractivity contribution is -0.106. The summed E-state index contributed by atoms with van der Waals surface area (Å²) in [6.45, 7) is 15.8. The molecule has 0 N–H and O–H groups in total. The number of ether oxygens (including phenoxy) is 2. The van der Waals surface area contributed by atoms with E-state index in [1.54, 1.807) is 13.2 Å². The van der Waals surface area contributed by atoms with Crippen LogP contribution in [0.5, 0.6) is 0 Å². The molecule has 0 saturated heterocycles. The molecular weight excluding hydrogens is 427 g/mol. The highest BCUT2D eigenvalue weighted by atomic mass is 19.1. The molecule has 34 heavy (non-hydrogen) atoms. The highest BCUT2D eigenvalue weighted by molar-refractivity contribution is 5.44. The van der Waals surface area contributed by atoms with Crippen molar-refractivity contribution in [3.05, 3.63) is 11.9 Å². The summed E-state index contributed by atoms with van der Waals surface area (Å²) in [6, 6.07) is 0. The number of hydrogen-bond acceptors (Lipinski definition) is 3. The fourth-order valence-electron chi connectivity index (χ4n) is 5.42. The molecule has 0 spiro atoms. The van der Waals surface area contributed by atoms with Gasteiger partial charge in [-0.05, 0) is 101 Å². The number of rotatable bonds is 11. The average Bonchev–Trinajstić information content (AvgIpc) is 3.60. The molecule has 4 heteroatoms. The lowest BCUT2D eigenvalue weighted by atomic mass is 9.57. The van der Waals surface area contributed by atoms with Gasteiger partial charge in [0.05, 0.1) is 5.60 Å². The molecule has 3 aliphatic carbocycles. The maximum absolute atomic E-state index is 13.8. The van der Waals surface area contributed by atoms with Crippen LogP contribution in [0.1, 0.15) is 126 Å². The van der Waals surface area contributed by atoms with Gasteiger partial charge in [0.2, 0.25) is 0 Å². The Balaban J connectivity index is 0.000000822. The summed E-state index contributed by atoms with van der Waals surface area (Å²) in [6.07, 6.45) is 17.8. The Morgan fingerprint density at radius 1 is 1.09 bits per heavy atom. The van der Waals surface area contributed by atoms with Crippen LogP contribution in [0.3, 0.4) is 0 Å². The first-order valence-electron chi connectivity index (χ1n) is 14.2. The summed E-state index contributed by atoms with van der Waals surface area (Å²) in [7, 11) is 1.76. The molecule has 2 saturated carbocycles. The number of hydrogen-bond donors (Lipinski definition) is 0. The molecule has 3 rings (SSSR count). The third-order valence-electron chi connectivity index (χ3n) is 7.28. The van der Waals surface area contributed by atoms with Gasteiger partial charge in [0.25, 0.3) is 0 Å². The second-order valence-corrected chi connectivity index (χ2v) is 10.7. The van der Waals surface area contributed by atoms with Gasteiger partial charge < -0.3 is 14.3 Å². The van der Waals surface area contributed by atoms with Crippen molar-refractivity contribution in [1.82, 2.24) is 0 Å². The van der Waals surface area contributed by atoms with Gasteiger partial charge in [-0.3, -0.25) is 0 Å². The van der Waals surface area contributed by atoms with E-state index in [9.17, 15) is 4.39 Å². The van der Waals surface area contributed by atoms with E-state index >= 15 is 0 Å². The van der Waals surface area contributed by atoms with Gasteiger partial charge in [0.15, 0.2) is 0 Å². The minimum Gasteiger partial charge on any atom is -0.384 e. The van der Waals surface area contributed by atoms with Gasteiger partial charge >= 0.3 is 0 Å². The van der Waals surface area contributed by atoms with Crippen molar-refractivity contribution in [3.63, 3.8) is 0 Å². The lowest BCUT2D eigenvalue weighted by Crippen LogP contribution is -2.37. The Hall–Kier alpha value is -0.740. The number of carbonyl (C=O) groups excluding carboxylic acids is 1. The molecule has 0 radical (unpaired) electrons. The highest BCUT2D eigenvalue weighted by Gasteiger charge is 2.41. The monoisotopic (exact) mass is 484 g/mol. The Labute approximate surface area is 211 Å². The van der Waals surface area contributed by atoms with E-state index in [4.69, 9.17) is 14.3 Å². The summed E-state index contributed by atoms with van der Waals surface area (Å²) in [4.78, 5) is 8.81. The van der Waals surface area contributed by atoms with E-state index in [1.807, 2.05) is 27.7 Å². The molecule has 0 amide bonds. The first kappa shape index (κ1) is 33.3. The van der Waals surface area contributed by atoms with Crippen molar-refractivity contribution < 1.29 is 18.7 Å². The number of methoxy groups -OCH3 is 1. The summed E-state index contributed by atoms with van der Waals surface area (Å²) < 4.78 is 24.7. The van der Waals surface area contributed by atoms with Crippen molar-refractivity contribution in [3.8, 4) is 0 Å². The third-order valence-corrected chi connectivity index (χ3v) is 7.28. The van der Waals surface area contributed by atoms with E-state index in [0.29, 0.717) is 5.41 Å². The van der Waals surface area contributed by atoms with Gasteiger partial charge in [0.1, 0.15) is 12.1 Å². The Kier molecular flexibility index (Phi) is 18.1. The molecule has 0 aromatic carbocycles. The fraction of sp³-hybridized carbons (Fsp3) is 0.900. The summed E-state index contributed by atoms with van der Waals surface area (Å²) in [5, 5.41) is 0. The lowest BCUT2D eigenvalue weighted by Gasteiger charge is -2.48. The first-order chi connectivity index (χ1) is 16.3. The van der Waals surface area contributed by atoms with Gasteiger partial charge in [-0.25, -0.2) is 4.39 Å². The van der Waals surface area contributed by atoms with Gasteiger partial charge in [-0.2, -0.15) is 0 Å². The fourth-order valence-corrected chi connectivity index (χ4v) is 5.42. The zero-order valence-electron chi connectivity index (χ0n) is 23.9. The maximum Gasteiger partial charge on any atom is 0.116 e. The predicted molar refractivity (Wildman–Crippen MR) is 144 cm³/mol. The van der Waals surface area contributed by atoms with Crippen LogP contribution >= 0.6 is 0 Å². The molecule has 2 fully saturated rings. The second-order valence-electron chi connectivity index (χ2n) is 10.7. The van der Waals surface area contributed by atoms with Crippen LogP contribution in [0.2, 0.25) is 0 Å². The van der Waals surface area contributed by atoms with Crippen LogP contribution in [-0.2, 0) is 14.3 Å². The second kappa shape index (κ2) is 18.5. The smallest absolute Gasteiger partial charge is 0.116 e. The van der Waals surface area contributed by atoms with E-state index in [2.05, 4.69) is 13.8 Å². The molecule has 3 nitrogen and oxygen atoms in total. The summed E-state index contributed by atoms with van der Waals surface area (Å²) >= 11 is 0. The van der Waals surface area contributed by atoms with Crippen molar-refractivity contribution in [1.29, 1.82) is 0 Å². The number of aldehydes is 1. The SMILES string of the molecule is CC.CC=O.CCCC1(CCC)CC(CCCO[C@@]2(C)C=C(F)C(C)CC2)C1.COCC1CC1. The molecular formula is C30H57FO3. The minimum atomic E-state index is -0.371. The van der Waals surface area contributed by atoms with E-state index in [0.717, 1.165) is 50.6 Å². The highest BCUT2D eigenvalue weighted by Crippen LogP contribution is 2.53. The molecule has 0 bridgehead atoms. The predicted octanol–water partition coefficient (Wildman–Crippen LogP) is 9.10. The first-order valence-corrected chi connectivity index (χ1v) is 14.2. The number of halogens is 1. The summed E-state index contributed by atoms with van der Waals surface area (Å²) in [5.41, 5.74) is 0.302. The minimum absolute atomic E-state index is 0.0154. The zero-order chi connectivity index (χ0) is 26.0. The molecule has 0 aromatic heterocycles. The van der Waals surface area contributed by atoms with Crippen molar-refractivity contribution in [2.45, 2.75) is 131 Å². The van der Waals surface area contributed by atoms with Crippen LogP contribution < -0.4 is 0 Å². The van der Waals surface area contributed by atoms with E-state index < -0.39 is 0 Å². The largest absolute Gasteiger partial charge is 0.384 e. The van der Waals surface area contributed by atoms with Crippen LogP contribution in [0.4, 0.5) is 4.39 Å². The molecule has 0 aromatic rings. The molecule has 202 valence electrons. The number of carbonyl (C=O) groups is 1. The van der Waals surface area contributed by atoms with E-state index in [-0.39, 0.29) is 17.3 Å². The molecule has 3 aliphatic rings. The van der Waals surface area contributed by atoms with Crippen LogP contribution in [0.15, 0.2) is 11.9 Å². The zero-order valence-corrected chi connectivity index (χ0v) is 23.9. The van der Waals surface area contributed by atoms with E-state index in [1.165, 1.54) is 64.7 Å². The molecule has 0 aliphatic heterocycles. The summed E-state index contributed by atoms with van der Waals surface area (Å²) in [5.74, 6) is 1.92. The quantitative estimate of drug-likeness (QED) is 0.217. The van der Waals surface area contributed by atoms with Crippen LogP contribution in [0.25, 0.3) is 0 Å². The Morgan fingerprint density at radius 2 is 1.65 bits per heavy atom. The molecule has 0 heterocycles. The van der Waals surface area contributed by atoms with Crippen molar-refractivity contribution in [2.24, 2.45) is 23.2 Å². The number of allylic oxidation sites excluding steroid dienone is 1. The van der Waals surface area contributed by atoms with Gasteiger partial charge in [-0.1, -0.05) is 47.5 Å². The standard InChI is InChI=1S/C21H37FO.C5H10O.C2H4O.C2H6/c1-5-10-21(11-6-2)14-18(15-21)8-7-13-23-20(4)12-9-17(3)19(22)16-20;1-6-4-5-2-3-5;1-2-3;1-2/h16-18H,5-15H2,1-4H3;5H,2-4H2,1H3;2H,1H3;1-2H3/t17?,20-;;;/m1.../s1. The Morgan fingerprint density at radius 3 is 2.06 bits per heavy atom. The van der Waals surface area contributed by atoms with Crippen molar-refractivity contribution in [2.75, 3.05) is 20.3 Å². The van der Waals surface area contributed by atoms with Gasteiger partial charge in [0, 0.05) is 26.2 Å². The van der Waals surface area contributed by atoms with Gasteiger partial charge in [-0.15, -0.1) is 0 Å². The third kappa shape index (κ3) is 13.4. The molecule has 1 unspecified atom stereocenters. The van der Waals surface area contributed by atoms with Crippen LogP contribution in [-0.4, -0.2) is 32.2 Å². The normalized spacial score (nSPS) is 25.2. The van der Waals surface area contributed by atoms with Crippen LogP contribution in [0, 0.1) is 23.2 Å². The maximum atomic E-state index is 13.8.